The average molecular weight is 363 g/mol. The highest BCUT2D eigenvalue weighted by molar-refractivity contribution is 5.88. The van der Waals surface area contributed by atoms with Gasteiger partial charge in [0.1, 0.15) is 0 Å². The third kappa shape index (κ3) is 2.79. The molecule has 4 saturated carbocycles. The summed E-state index contributed by atoms with van der Waals surface area (Å²) in [4.78, 5) is 31.3. The molecule has 0 unspecified atom stereocenters. The number of amides is 2. The standard InChI is InChI=1S/C22H38N2O2/c1-7-23(8-2)17(25)21-12-19(5)11-20(6,13-21)15-22(14-19,16-21)18(26)24(9-3)10-4/h7-16H2,1-6H3. The van der Waals surface area contributed by atoms with Gasteiger partial charge in [-0.15, -0.1) is 0 Å². The summed E-state index contributed by atoms with van der Waals surface area (Å²) < 4.78 is 0. The molecule has 0 spiro atoms. The summed E-state index contributed by atoms with van der Waals surface area (Å²) in [5, 5.41) is 0. The van der Waals surface area contributed by atoms with E-state index in [0.29, 0.717) is 11.8 Å². The van der Waals surface area contributed by atoms with E-state index in [1.807, 2.05) is 9.80 Å². The van der Waals surface area contributed by atoms with Crippen LogP contribution in [0.15, 0.2) is 0 Å². The van der Waals surface area contributed by atoms with Crippen LogP contribution in [0.2, 0.25) is 0 Å². The van der Waals surface area contributed by atoms with Gasteiger partial charge in [-0.2, -0.15) is 0 Å². The molecule has 0 aromatic rings. The number of carbonyl (C=O) groups excluding carboxylic acids is 2. The molecule has 0 saturated heterocycles. The van der Waals surface area contributed by atoms with Crippen molar-refractivity contribution in [3.05, 3.63) is 0 Å². The van der Waals surface area contributed by atoms with Crippen LogP contribution in [0.1, 0.15) is 80.1 Å². The number of nitrogens with zero attached hydrogens (tertiary/aromatic N) is 2. The first-order valence-electron chi connectivity index (χ1n) is 10.7. The monoisotopic (exact) mass is 362 g/mol. The van der Waals surface area contributed by atoms with Crippen LogP contribution in [0.5, 0.6) is 0 Å². The summed E-state index contributed by atoms with van der Waals surface area (Å²) in [6.45, 7) is 16.0. The van der Waals surface area contributed by atoms with Gasteiger partial charge in [0.25, 0.3) is 0 Å². The minimum Gasteiger partial charge on any atom is -0.343 e. The number of carbonyl (C=O) groups is 2. The SMILES string of the molecule is CCN(CC)C(=O)C12CC3(C)CC(C)(C1)CC(C(=O)N(CC)CC)(C3)C2. The second kappa shape index (κ2) is 6.24. The van der Waals surface area contributed by atoms with E-state index in [0.717, 1.165) is 58.3 Å². The lowest BCUT2D eigenvalue weighted by Crippen LogP contribution is -2.67. The molecule has 0 aromatic heterocycles. The van der Waals surface area contributed by atoms with E-state index in [-0.39, 0.29) is 21.7 Å². The van der Waals surface area contributed by atoms with Crippen LogP contribution < -0.4 is 0 Å². The van der Waals surface area contributed by atoms with Crippen molar-refractivity contribution in [3.63, 3.8) is 0 Å². The molecule has 0 heterocycles. The lowest BCUT2D eigenvalue weighted by atomic mass is 9.35. The van der Waals surface area contributed by atoms with Crippen molar-refractivity contribution in [1.82, 2.24) is 9.80 Å². The Kier molecular flexibility index (Phi) is 4.73. The van der Waals surface area contributed by atoms with E-state index < -0.39 is 0 Å². The molecule has 4 fully saturated rings. The Labute approximate surface area is 159 Å². The maximum atomic E-state index is 13.6. The summed E-state index contributed by atoms with van der Waals surface area (Å²) in [7, 11) is 0. The molecular weight excluding hydrogens is 324 g/mol. The maximum absolute atomic E-state index is 13.6. The van der Waals surface area contributed by atoms with E-state index in [2.05, 4.69) is 41.5 Å². The lowest BCUT2D eigenvalue weighted by Gasteiger charge is -2.68. The van der Waals surface area contributed by atoms with Gasteiger partial charge in [-0.25, -0.2) is 0 Å². The molecule has 26 heavy (non-hydrogen) atoms. The van der Waals surface area contributed by atoms with E-state index in [1.54, 1.807) is 0 Å². The van der Waals surface area contributed by atoms with Gasteiger partial charge in [0.05, 0.1) is 10.8 Å². The highest BCUT2D eigenvalue weighted by Crippen LogP contribution is 2.74. The lowest BCUT2D eigenvalue weighted by molar-refractivity contribution is -0.209. The van der Waals surface area contributed by atoms with Crippen LogP contribution in [0.25, 0.3) is 0 Å². The number of hydrogen-bond donors (Lipinski definition) is 0. The Morgan fingerprint density at radius 3 is 1.19 bits per heavy atom. The first-order chi connectivity index (χ1) is 12.1. The van der Waals surface area contributed by atoms with Gasteiger partial charge < -0.3 is 9.80 Å². The van der Waals surface area contributed by atoms with E-state index >= 15 is 0 Å². The molecule has 0 aliphatic heterocycles. The van der Waals surface area contributed by atoms with E-state index in [1.165, 1.54) is 6.42 Å². The van der Waals surface area contributed by atoms with Gasteiger partial charge in [-0.1, -0.05) is 13.8 Å². The smallest absolute Gasteiger partial charge is 0.228 e. The quantitative estimate of drug-likeness (QED) is 0.714. The Bertz CT molecular complexity index is 527. The normalized spacial score (nSPS) is 40.5. The molecule has 2 amide bonds. The fraction of sp³-hybridized carbons (Fsp3) is 0.909. The van der Waals surface area contributed by atoms with Gasteiger partial charge in [-0.3, -0.25) is 9.59 Å². The summed E-state index contributed by atoms with van der Waals surface area (Å²) in [5.74, 6) is 0.631. The molecule has 4 aliphatic carbocycles. The number of rotatable bonds is 6. The fourth-order valence-electron chi connectivity index (χ4n) is 7.84. The highest BCUT2D eigenvalue weighted by Gasteiger charge is 2.70. The van der Waals surface area contributed by atoms with Crippen molar-refractivity contribution in [1.29, 1.82) is 0 Å². The number of hydrogen-bond acceptors (Lipinski definition) is 2. The minimum absolute atomic E-state index is 0.120. The van der Waals surface area contributed by atoms with Crippen molar-refractivity contribution in [3.8, 4) is 0 Å². The zero-order chi connectivity index (χ0) is 19.4. The van der Waals surface area contributed by atoms with Gasteiger partial charge >= 0.3 is 0 Å². The van der Waals surface area contributed by atoms with Crippen LogP contribution in [0.4, 0.5) is 0 Å². The van der Waals surface area contributed by atoms with Crippen LogP contribution in [0, 0.1) is 21.7 Å². The van der Waals surface area contributed by atoms with E-state index in [4.69, 9.17) is 0 Å². The summed E-state index contributed by atoms with van der Waals surface area (Å²) in [5.41, 5.74) is -0.412. The molecular formula is C22H38N2O2. The van der Waals surface area contributed by atoms with Crippen molar-refractivity contribution >= 4 is 11.8 Å². The topological polar surface area (TPSA) is 40.6 Å². The van der Waals surface area contributed by atoms with Crippen LogP contribution in [-0.2, 0) is 9.59 Å². The zero-order valence-corrected chi connectivity index (χ0v) is 17.8. The first-order valence-corrected chi connectivity index (χ1v) is 10.7. The fourth-order valence-corrected chi connectivity index (χ4v) is 7.84. The molecule has 4 bridgehead atoms. The summed E-state index contributed by atoms with van der Waals surface area (Å²) >= 11 is 0. The van der Waals surface area contributed by atoms with Crippen LogP contribution in [0.3, 0.4) is 0 Å². The predicted octanol–water partition coefficient (Wildman–Crippen LogP) is 4.09. The second-order valence-corrected chi connectivity index (χ2v) is 10.2. The molecule has 148 valence electrons. The first kappa shape index (κ1) is 19.7. The highest BCUT2D eigenvalue weighted by atomic mass is 16.2. The Morgan fingerprint density at radius 2 is 0.923 bits per heavy atom. The van der Waals surface area contributed by atoms with Crippen molar-refractivity contribution in [2.75, 3.05) is 26.2 Å². The zero-order valence-electron chi connectivity index (χ0n) is 17.8. The largest absolute Gasteiger partial charge is 0.343 e. The van der Waals surface area contributed by atoms with Gasteiger partial charge in [0.2, 0.25) is 11.8 Å². The average Bonchev–Trinajstić information content (AvgIpc) is 2.53. The Morgan fingerprint density at radius 1 is 0.615 bits per heavy atom. The van der Waals surface area contributed by atoms with Crippen LogP contribution >= 0.6 is 0 Å². The molecule has 4 rings (SSSR count). The Balaban J connectivity index is 2.05. The second-order valence-electron chi connectivity index (χ2n) is 10.2. The van der Waals surface area contributed by atoms with Gasteiger partial charge in [-0.05, 0) is 77.0 Å². The third-order valence-corrected chi connectivity index (χ3v) is 7.60. The van der Waals surface area contributed by atoms with Crippen molar-refractivity contribution in [2.24, 2.45) is 21.7 Å². The predicted molar refractivity (Wildman–Crippen MR) is 105 cm³/mol. The molecule has 0 aromatic carbocycles. The van der Waals surface area contributed by atoms with E-state index in [9.17, 15) is 9.59 Å². The minimum atomic E-state index is -0.326. The molecule has 0 radical (unpaired) electrons. The molecule has 0 N–H and O–H groups in total. The molecule has 4 nitrogen and oxygen atoms in total. The van der Waals surface area contributed by atoms with Gasteiger partial charge in [0, 0.05) is 26.2 Å². The van der Waals surface area contributed by atoms with Crippen molar-refractivity contribution < 1.29 is 9.59 Å². The Hall–Kier alpha value is -1.06. The molecule has 4 aliphatic rings. The molecule has 4 heteroatoms. The molecule has 0 atom stereocenters. The van der Waals surface area contributed by atoms with Gasteiger partial charge in [0.15, 0.2) is 0 Å². The summed E-state index contributed by atoms with van der Waals surface area (Å²) in [6.07, 6.45) is 5.82. The summed E-state index contributed by atoms with van der Waals surface area (Å²) in [6, 6.07) is 0. The maximum Gasteiger partial charge on any atom is 0.228 e. The van der Waals surface area contributed by atoms with Crippen molar-refractivity contribution in [2.45, 2.75) is 80.1 Å². The third-order valence-electron chi connectivity index (χ3n) is 7.60. The van der Waals surface area contributed by atoms with Crippen LogP contribution in [-0.4, -0.2) is 47.8 Å².